The summed E-state index contributed by atoms with van der Waals surface area (Å²) in [5.41, 5.74) is 6.89. The molecule has 1 heterocycles. The standard InChI is InChI=1S/C14H21N3O2S/c1-2-19-12-9-10(3-4-11(12)18)13(14(15)20)17-7-5-16-6-8-17/h3-4,9,13,16,18H,2,5-8H2,1H3,(H2,15,20). The van der Waals surface area contributed by atoms with Crippen LogP contribution in [0.15, 0.2) is 18.2 Å². The molecule has 2 rings (SSSR count). The summed E-state index contributed by atoms with van der Waals surface area (Å²) in [7, 11) is 0. The van der Waals surface area contributed by atoms with Gasteiger partial charge in [-0.15, -0.1) is 0 Å². The summed E-state index contributed by atoms with van der Waals surface area (Å²) in [4.78, 5) is 2.70. The Labute approximate surface area is 124 Å². The Morgan fingerprint density at radius 1 is 1.50 bits per heavy atom. The van der Waals surface area contributed by atoms with Crippen LogP contribution in [0.5, 0.6) is 11.5 Å². The lowest BCUT2D eigenvalue weighted by Crippen LogP contribution is -2.48. The van der Waals surface area contributed by atoms with E-state index < -0.39 is 0 Å². The van der Waals surface area contributed by atoms with Gasteiger partial charge in [0.15, 0.2) is 11.5 Å². The maximum atomic E-state index is 9.78. The molecule has 4 N–H and O–H groups in total. The Hall–Kier alpha value is -1.37. The molecular weight excluding hydrogens is 274 g/mol. The van der Waals surface area contributed by atoms with Crippen molar-refractivity contribution in [2.45, 2.75) is 13.0 Å². The fourth-order valence-corrected chi connectivity index (χ4v) is 2.75. The van der Waals surface area contributed by atoms with Crippen molar-refractivity contribution in [3.8, 4) is 11.5 Å². The highest BCUT2D eigenvalue weighted by Crippen LogP contribution is 2.31. The number of piperazine rings is 1. The first-order chi connectivity index (χ1) is 9.63. The number of thiocarbonyl (C=S) groups is 1. The lowest BCUT2D eigenvalue weighted by Gasteiger charge is -2.34. The first-order valence-electron chi connectivity index (χ1n) is 6.83. The van der Waals surface area contributed by atoms with Gasteiger partial charge in [0, 0.05) is 26.2 Å². The summed E-state index contributed by atoms with van der Waals surface area (Å²) in [5.74, 6) is 0.610. The minimum absolute atomic E-state index is 0.119. The number of nitrogens with one attached hydrogen (secondary N) is 1. The normalized spacial score (nSPS) is 17.6. The van der Waals surface area contributed by atoms with Gasteiger partial charge in [0.25, 0.3) is 0 Å². The van der Waals surface area contributed by atoms with E-state index in [9.17, 15) is 5.11 Å². The van der Waals surface area contributed by atoms with Crippen LogP contribution in [0.25, 0.3) is 0 Å². The quantitative estimate of drug-likeness (QED) is 0.705. The predicted molar refractivity (Wildman–Crippen MR) is 83.2 cm³/mol. The molecule has 5 nitrogen and oxygen atoms in total. The Bertz CT molecular complexity index is 475. The Morgan fingerprint density at radius 2 is 2.20 bits per heavy atom. The number of phenolic OH excluding ortho intramolecular Hbond substituents is 1. The summed E-state index contributed by atoms with van der Waals surface area (Å²) in [6.07, 6.45) is 0. The molecule has 1 fully saturated rings. The van der Waals surface area contributed by atoms with Gasteiger partial charge in [-0.25, -0.2) is 0 Å². The van der Waals surface area contributed by atoms with Gasteiger partial charge < -0.3 is 20.9 Å². The van der Waals surface area contributed by atoms with Crippen LogP contribution in [0.2, 0.25) is 0 Å². The van der Waals surface area contributed by atoms with Crippen LogP contribution in [0.1, 0.15) is 18.5 Å². The summed E-state index contributed by atoms with van der Waals surface area (Å²) in [5, 5.41) is 13.1. The SMILES string of the molecule is CCOc1cc(C(C(N)=S)N2CCNCC2)ccc1O. The van der Waals surface area contributed by atoms with Crippen molar-refractivity contribution in [1.82, 2.24) is 10.2 Å². The molecule has 0 amide bonds. The maximum Gasteiger partial charge on any atom is 0.161 e. The van der Waals surface area contributed by atoms with Crippen LogP contribution in [-0.4, -0.2) is 47.8 Å². The molecule has 1 atom stereocenters. The average Bonchev–Trinajstić information content (AvgIpc) is 2.44. The van der Waals surface area contributed by atoms with Gasteiger partial charge in [-0.2, -0.15) is 0 Å². The summed E-state index contributed by atoms with van der Waals surface area (Å²) in [6, 6.07) is 5.19. The molecular formula is C14H21N3O2S. The smallest absolute Gasteiger partial charge is 0.161 e. The maximum absolute atomic E-state index is 9.78. The van der Waals surface area contributed by atoms with Crippen LogP contribution in [-0.2, 0) is 0 Å². The minimum atomic E-state index is -0.119. The van der Waals surface area contributed by atoms with Gasteiger partial charge in [0.2, 0.25) is 0 Å². The molecule has 110 valence electrons. The molecule has 1 aromatic rings. The molecule has 0 bridgehead atoms. The molecule has 1 saturated heterocycles. The van der Waals surface area contributed by atoms with E-state index in [0.29, 0.717) is 17.3 Å². The van der Waals surface area contributed by atoms with E-state index in [1.807, 2.05) is 19.1 Å². The second-order valence-electron chi connectivity index (χ2n) is 4.75. The number of hydrogen-bond donors (Lipinski definition) is 3. The van der Waals surface area contributed by atoms with Crippen molar-refractivity contribution < 1.29 is 9.84 Å². The van der Waals surface area contributed by atoms with Crippen LogP contribution in [0, 0.1) is 0 Å². The minimum Gasteiger partial charge on any atom is -0.504 e. The number of nitrogens with two attached hydrogens (primary N) is 1. The highest BCUT2D eigenvalue weighted by molar-refractivity contribution is 7.80. The van der Waals surface area contributed by atoms with Crippen molar-refractivity contribution in [2.24, 2.45) is 5.73 Å². The molecule has 0 radical (unpaired) electrons. The molecule has 20 heavy (non-hydrogen) atoms. The molecule has 0 aromatic heterocycles. The van der Waals surface area contributed by atoms with Crippen molar-refractivity contribution in [3.63, 3.8) is 0 Å². The number of benzene rings is 1. The Morgan fingerprint density at radius 3 is 2.80 bits per heavy atom. The molecule has 1 aliphatic rings. The lowest BCUT2D eigenvalue weighted by atomic mass is 10.0. The monoisotopic (exact) mass is 295 g/mol. The topological polar surface area (TPSA) is 70.8 Å². The van der Waals surface area contributed by atoms with Crippen LogP contribution in [0.4, 0.5) is 0 Å². The first kappa shape index (κ1) is 15.0. The second-order valence-corrected chi connectivity index (χ2v) is 5.22. The van der Waals surface area contributed by atoms with E-state index in [4.69, 9.17) is 22.7 Å². The summed E-state index contributed by atoms with van der Waals surface area (Å²) >= 11 is 5.23. The molecule has 0 spiro atoms. The average molecular weight is 295 g/mol. The van der Waals surface area contributed by atoms with Crippen LogP contribution in [0.3, 0.4) is 0 Å². The summed E-state index contributed by atoms with van der Waals surface area (Å²) < 4.78 is 5.43. The van der Waals surface area contributed by atoms with Crippen LogP contribution < -0.4 is 15.8 Å². The molecule has 0 saturated carbocycles. The second kappa shape index (κ2) is 6.88. The Balaban J connectivity index is 2.28. The number of ether oxygens (including phenoxy) is 1. The molecule has 0 aliphatic carbocycles. The zero-order valence-electron chi connectivity index (χ0n) is 11.6. The number of rotatable bonds is 5. The van der Waals surface area contributed by atoms with Gasteiger partial charge in [0.1, 0.15) is 0 Å². The third kappa shape index (κ3) is 3.39. The van der Waals surface area contributed by atoms with Gasteiger partial charge in [-0.05, 0) is 24.6 Å². The number of aromatic hydroxyl groups is 1. The third-order valence-corrected chi connectivity index (χ3v) is 3.61. The molecule has 1 aliphatic heterocycles. The predicted octanol–water partition coefficient (Wildman–Crippen LogP) is 1.02. The van der Waals surface area contributed by atoms with E-state index in [1.165, 1.54) is 0 Å². The van der Waals surface area contributed by atoms with Crippen molar-refractivity contribution in [1.29, 1.82) is 0 Å². The van der Waals surface area contributed by atoms with E-state index in [2.05, 4.69) is 10.2 Å². The van der Waals surface area contributed by atoms with Gasteiger partial charge in [0.05, 0.1) is 17.6 Å². The van der Waals surface area contributed by atoms with Crippen LogP contribution >= 0.6 is 12.2 Å². The van der Waals surface area contributed by atoms with E-state index in [1.54, 1.807) is 6.07 Å². The number of nitrogens with zero attached hydrogens (tertiary/aromatic N) is 1. The van der Waals surface area contributed by atoms with E-state index in [-0.39, 0.29) is 11.8 Å². The molecule has 1 unspecified atom stereocenters. The zero-order valence-corrected chi connectivity index (χ0v) is 12.4. The lowest BCUT2D eigenvalue weighted by molar-refractivity contribution is 0.214. The largest absolute Gasteiger partial charge is 0.504 e. The van der Waals surface area contributed by atoms with Crippen molar-refractivity contribution in [3.05, 3.63) is 23.8 Å². The molecule has 1 aromatic carbocycles. The fraction of sp³-hybridized carbons (Fsp3) is 0.500. The third-order valence-electron chi connectivity index (χ3n) is 3.39. The van der Waals surface area contributed by atoms with E-state index in [0.717, 1.165) is 31.7 Å². The zero-order chi connectivity index (χ0) is 14.5. The highest BCUT2D eigenvalue weighted by atomic mass is 32.1. The van der Waals surface area contributed by atoms with Crippen molar-refractivity contribution in [2.75, 3.05) is 32.8 Å². The number of phenols is 1. The van der Waals surface area contributed by atoms with Gasteiger partial charge >= 0.3 is 0 Å². The molecule has 6 heteroatoms. The first-order valence-corrected chi connectivity index (χ1v) is 7.24. The van der Waals surface area contributed by atoms with Gasteiger partial charge in [-0.1, -0.05) is 18.3 Å². The van der Waals surface area contributed by atoms with Crippen molar-refractivity contribution >= 4 is 17.2 Å². The number of hydrogen-bond acceptors (Lipinski definition) is 5. The Kier molecular flexibility index (Phi) is 5.17. The van der Waals surface area contributed by atoms with E-state index >= 15 is 0 Å². The van der Waals surface area contributed by atoms with Gasteiger partial charge in [-0.3, -0.25) is 4.90 Å². The fourth-order valence-electron chi connectivity index (χ4n) is 2.47. The summed E-state index contributed by atoms with van der Waals surface area (Å²) in [6.45, 7) is 6.03. The highest BCUT2D eigenvalue weighted by Gasteiger charge is 2.25.